The van der Waals surface area contributed by atoms with E-state index in [-0.39, 0.29) is 37.6 Å². The number of likely N-dealkylation sites (N-methyl/N-ethyl adjacent to an activating group) is 1. The molecular formula is C16H27N3O5. The maximum atomic E-state index is 12.0. The largest absolute Gasteiger partial charge is 0.465 e. The lowest BCUT2D eigenvalue weighted by Gasteiger charge is -2.29. The number of carbonyl (C=O) groups is 4. The summed E-state index contributed by atoms with van der Waals surface area (Å²) in [5.74, 6) is -1.12. The van der Waals surface area contributed by atoms with Gasteiger partial charge in [0, 0.05) is 12.6 Å². The number of esters is 1. The Labute approximate surface area is 142 Å². The fraction of sp³-hybridized carbons (Fsp3) is 0.625. The maximum absolute atomic E-state index is 12.0. The van der Waals surface area contributed by atoms with Crippen LogP contribution in [0.4, 0.5) is 0 Å². The Hall–Kier alpha value is -2.38. The summed E-state index contributed by atoms with van der Waals surface area (Å²) >= 11 is 0. The minimum atomic E-state index is -0.508. The van der Waals surface area contributed by atoms with Crippen LogP contribution >= 0.6 is 0 Å². The summed E-state index contributed by atoms with van der Waals surface area (Å²) in [5.41, 5.74) is 0.390. The number of rotatable bonds is 10. The number of amides is 3. The molecule has 1 atom stereocenters. The van der Waals surface area contributed by atoms with Gasteiger partial charge in [0.1, 0.15) is 6.54 Å². The van der Waals surface area contributed by atoms with E-state index < -0.39 is 11.9 Å². The third-order valence-corrected chi connectivity index (χ3v) is 3.34. The van der Waals surface area contributed by atoms with E-state index in [1.807, 2.05) is 13.8 Å². The van der Waals surface area contributed by atoms with E-state index in [2.05, 4.69) is 10.6 Å². The molecule has 0 fully saturated rings. The fourth-order valence-electron chi connectivity index (χ4n) is 2.01. The molecule has 0 rings (SSSR count). The maximum Gasteiger partial charge on any atom is 0.325 e. The van der Waals surface area contributed by atoms with Crippen LogP contribution in [-0.2, 0) is 23.9 Å². The molecule has 2 N–H and O–H groups in total. The van der Waals surface area contributed by atoms with Crippen LogP contribution in [-0.4, -0.2) is 61.9 Å². The molecule has 136 valence electrons. The number of hydrogen-bond acceptors (Lipinski definition) is 5. The molecule has 0 saturated carbocycles. The van der Waals surface area contributed by atoms with Gasteiger partial charge >= 0.3 is 5.97 Å². The van der Waals surface area contributed by atoms with E-state index in [4.69, 9.17) is 4.74 Å². The van der Waals surface area contributed by atoms with E-state index in [0.29, 0.717) is 12.0 Å². The average Bonchev–Trinajstić information content (AvgIpc) is 2.54. The number of hydrogen-bond donors (Lipinski definition) is 2. The summed E-state index contributed by atoms with van der Waals surface area (Å²) in [5, 5.41) is 4.79. The fourth-order valence-corrected chi connectivity index (χ4v) is 2.01. The Morgan fingerprint density at radius 2 is 1.83 bits per heavy atom. The SMILES string of the molecule is CCOC(=O)CNC(=O)/C(C)=C/[C@H](C(C)C)N(C)C(=O)CNC=O. The van der Waals surface area contributed by atoms with Gasteiger partial charge in [0.25, 0.3) is 0 Å². The van der Waals surface area contributed by atoms with Gasteiger partial charge in [-0.3, -0.25) is 19.2 Å². The Morgan fingerprint density at radius 1 is 1.21 bits per heavy atom. The molecule has 0 saturated heterocycles. The van der Waals surface area contributed by atoms with Crippen molar-refractivity contribution in [2.45, 2.75) is 33.7 Å². The van der Waals surface area contributed by atoms with E-state index in [9.17, 15) is 19.2 Å². The highest BCUT2D eigenvalue weighted by Gasteiger charge is 2.22. The Bertz CT molecular complexity index is 488. The molecule has 0 spiro atoms. The van der Waals surface area contributed by atoms with Crippen molar-refractivity contribution in [3.63, 3.8) is 0 Å². The summed E-state index contributed by atoms with van der Waals surface area (Å²) in [6, 6.07) is -0.320. The molecule has 0 aromatic heterocycles. The van der Waals surface area contributed by atoms with Gasteiger partial charge in [0.15, 0.2) is 0 Å². The van der Waals surface area contributed by atoms with Crippen molar-refractivity contribution in [3.8, 4) is 0 Å². The molecule has 8 heteroatoms. The van der Waals surface area contributed by atoms with Gasteiger partial charge in [-0.25, -0.2) is 0 Å². The minimum Gasteiger partial charge on any atom is -0.465 e. The summed E-state index contributed by atoms with van der Waals surface area (Å²) < 4.78 is 4.74. The zero-order valence-electron chi connectivity index (χ0n) is 14.9. The quantitative estimate of drug-likeness (QED) is 0.326. The summed E-state index contributed by atoms with van der Waals surface area (Å²) in [6.45, 7) is 7.07. The molecule has 0 bridgehead atoms. The van der Waals surface area contributed by atoms with Crippen molar-refractivity contribution in [2.24, 2.45) is 5.92 Å². The second-order valence-corrected chi connectivity index (χ2v) is 5.58. The predicted octanol–water partition coefficient (Wildman–Crippen LogP) is -0.159. The lowest BCUT2D eigenvalue weighted by atomic mass is 10.00. The summed E-state index contributed by atoms with van der Waals surface area (Å²) in [7, 11) is 1.61. The van der Waals surface area contributed by atoms with Crippen molar-refractivity contribution in [3.05, 3.63) is 11.6 Å². The third kappa shape index (κ3) is 7.75. The predicted molar refractivity (Wildman–Crippen MR) is 88.9 cm³/mol. The van der Waals surface area contributed by atoms with E-state index in [1.165, 1.54) is 4.90 Å². The van der Waals surface area contributed by atoms with E-state index in [1.54, 1.807) is 27.0 Å². The monoisotopic (exact) mass is 341 g/mol. The Balaban J connectivity index is 4.90. The average molecular weight is 341 g/mol. The third-order valence-electron chi connectivity index (χ3n) is 3.34. The molecule has 3 amide bonds. The van der Waals surface area contributed by atoms with Gasteiger partial charge in [-0.05, 0) is 19.8 Å². The minimum absolute atomic E-state index is 0.0583. The van der Waals surface area contributed by atoms with Gasteiger partial charge in [-0.15, -0.1) is 0 Å². The molecule has 8 nitrogen and oxygen atoms in total. The highest BCUT2D eigenvalue weighted by atomic mass is 16.5. The molecule has 24 heavy (non-hydrogen) atoms. The van der Waals surface area contributed by atoms with Crippen molar-refractivity contribution in [1.82, 2.24) is 15.5 Å². The van der Waals surface area contributed by atoms with Crippen molar-refractivity contribution in [1.29, 1.82) is 0 Å². The van der Waals surface area contributed by atoms with Gasteiger partial charge < -0.3 is 20.3 Å². The number of carbonyl (C=O) groups excluding carboxylic acids is 4. The first-order valence-electron chi connectivity index (χ1n) is 7.79. The molecule has 0 unspecified atom stereocenters. The highest BCUT2D eigenvalue weighted by Crippen LogP contribution is 2.13. The first-order chi connectivity index (χ1) is 11.2. The standard InChI is InChI=1S/C16H27N3O5/c1-6-24-15(22)9-18-16(23)12(4)7-13(11(2)3)19(5)14(21)8-17-10-20/h7,10-11,13H,6,8-9H2,1-5H3,(H,17,20)(H,18,23)/b12-7+/t13-/m1/s1. The molecule has 0 aromatic carbocycles. The molecule has 0 aliphatic heterocycles. The first kappa shape index (κ1) is 21.6. The normalized spacial score (nSPS) is 12.3. The molecule has 0 aliphatic carbocycles. The first-order valence-corrected chi connectivity index (χ1v) is 7.79. The van der Waals surface area contributed by atoms with Gasteiger partial charge in [-0.2, -0.15) is 0 Å². The number of ether oxygens (including phenoxy) is 1. The second kappa shape index (κ2) is 11.2. The molecule has 0 aromatic rings. The summed E-state index contributed by atoms with van der Waals surface area (Å²) in [6.07, 6.45) is 2.13. The van der Waals surface area contributed by atoms with Crippen LogP contribution in [0.3, 0.4) is 0 Å². The topological polar surface area (TPSA) is 105 Å². The van der Waals surface area contributed by atoms with Crippen LogP contribution in [0.2, 0.25) is 0 Å². The van der Waals surface area contributed by atoms with Crippen molar-refractivity contribution >= 4 is 24.2 Å². The Kier molecular flexibility index (Phi) is 10.1. The van der Waals surface area contributed by atoms with Crippen LogP contribution in [0.5, 0.6) is 0 Å². The number of nitrogens with one attached hydrogen (secondary N) is 2. The molecule has 0 aliphatic rings. The van der Waals surface area contributed by atoms with Crippen LogP contribution in [0.15, 0.2) is 11.6 Å². The second-order valence-electron chi connectivity index (χ2n) is 5.58. The zero-order valence-corrected chi connectivity index (χ0v) is 14.9. The van der Waals surface area contributed by atoms with Crippen molar-refractivity contribution < 1.29 is 23.9 Å². The van der Waals surface area contributed by atoms with Gasteiger partial charge in [0.05, 0.1) is 19.2 Å². The molecule has 0 heterocycles. The van der Waals surface area contributed by atoms with Gasteiger partial charge in [0.2, 0.25) is 18.2 Å². The lowest BCUT2D eigenvalue weighted by molar-refractivity contribution is -0.143. The molecule has 0 radical (unpaired) electrons. The smallest absolute Gasteiger partial charge is 0.325 e. The van der Waals surface area contributed by atoms with E-state index >= 15 is 0 Å². The zero-order chi connectivity index (χ0) is 18.7. The number of nitrogens with zero attached hydrogens (tertiary/aromatic N) is 1. The van der Waals surface area contributed by atoms with E-state index in [0.717, 1.165) is 0 Å². The van der Waals surface area contributed by atoms with Crippen molar-refractivity contribution in [2.75, 3.05) is 26.7 Å². The van der Waals surface area contributed by atoms with Crippen LogP contribution in [0.25, 0.3) is 0 Å². The molecular weight excluding hydrogens is 314 g/mol. The van der Waals surface area contributed by atoms with Crippen LogP contribution in [0.1, 0.15) is 27.7 Å². The van der Waals surface area contributed by atoms with Crippen LogP contribution < -0.4 is 10.6 Å². The van der Waals surface area contributed by atoms with Gasteiger partial charge in [-0.1, -0.05) is 19.9 Å². The summed E-state index contributed by atoms with van der Waals surface area (Å²) in [4.78, 5) is 47.0. The highest BCUT2D eigenvalue weighted by molar-refractivity contribution is 5.94. The van der Waals surface area contributed by atoms with Crippen LogP contribution in [0, 0.1) is 5.92 Å². The Morgan fingerprint density at radius 3 is 2.33 bits per heavy atom. The lowest BCUT2D eigenvalue weighted by Crippen LogP contribution is -2.43.